The van der Waals surface area contributed by atoms with E-state index in [4.69, 9.17) is 0 Å². The van der Waals surface area contributed by atoms with Gasteiger partial charge in [0.2, 0.25) is 0 Å². The highest BCUT2D eigenvalue weighted by atomic mass is 79.9. The van der Waals surface area contributed by atoms with Crippen LogP contribution < -0.4 is 0 Å². The first-order valence-electron chi connectivity index (χ1n) is 6.20. The lowest BCUT2D eigenvalue weighted by atomic mass is 10.0. The number of aryl methyl sites for hydroxylation is 1. The number of halogens is 2. The summed E-state index contributed by atoms with van der Waals surface area (Å²) in [5.41, 5.74) is 2.16. The van der Waals surface area contributed by atoms with E-state index in [0.29, 0.717) is 15.6 Å². The first-order valence-corrected chi connectivity index (χ1v) is 7.00. The van der Waals surface area contributed by atoms with Crippen LogP contribution in [-0.4, -0.2) is 5.78 Å². The molecule has 0 aliphatic rings. The quantitative estimate of drug-likeness (QED) is 0.741. The zero-order valence-corrected chi connectivity index (χ0v) is 12.2. The molecule has 2 aromatic carbocycles. The van der Waals surface area contributed by atoms with Gasteiger partial charge in [0.1, 0.15) is 5.82 Å². The summed E-state index contributed by atoms with van der Waals surface area (Å²) < 4.78 is 13.8. The van der Waals surface area contributed by atoms with Gasteiger partial charge in [-0.1, -0.05) is 37.6 Å². The molecule has 0 spiro atoms. The molecule has 0 saturated heterocycles. The SMILES string of the molecule is CCCc1ccc(C(=O)c2ccc(Br)c(F)c2)cc1. The molecule has 0 aliphatic heterocycles. The average molecular weight is 321 g/mol. The molecule has 3 heteroatoms. The van der Waals surface area contributed by atoms with Crippen LogP contribution in [0.4, 0.5) is 4.39 Å². The van der Waals surface area contributed by atoms with Crippen molar-refractivity contribution < 1.29 is 9.18 Å². The molecule has 2 aromatic rings. The summed E-state index contributed by atoms with van der Waals surface area (Å²) in [4.78, 5) is 12.2. The van der Waals surface area contributed by atoms with Gasteiger partial charge in [-0.25, -0.2) is 4.39 Å². The van der Waals surface area contributed by atoms with Gasteiger partial charge in [0, 0.05) is 11.1 Å². The van der Waals surface area contributed by atoms with Crippen molar-refractivity contribution in [3.05, 3.63) is 69.4 Å². The molecule has 19 heavy (non-hydrogen) atoms. The first kappa shape index (κ1) is 13.9. The summed E-state index contributed by atoms with van der Waals surface area (Å²) in [6.07, 6.45) is 2.08. The maximum absolute atomic E-state index is 13.4. The molecule has 0 saturated carbocycles. The van der Waals surface area contributed by atoms with E-state index in [1.54, 1.807) is 24.3 Å². The minimum Gasteiger partial charge on any atom is -0.289 e. The topological polar surface area (TPSA) is 17.1 Å². The fraction of sp³-hybridized carbons (Fsp3) is 0.188. The number of rotatable bonds is 4. The molecule has 0 fully saturated rings. The Morgan fingerprint density at radius 1 is 1.11 bits per heavy atom. The highest BCUT2D eigenvalue weighted by Gasteiger charge is 2.11. The standard InChI is InChI=1S/C16H14BrFO/c1-2-3-11-4-6-12(7-5-11)16(19)13-8-9-14(17)15(18)10-13/h4-10H,2-3H2,1H3. The van der Waals surface area contributed by atoms with E-state index in [2.05, 4.69) is 22.9 Å². The highest BCUT2D eigenvalue weighted by Crippen LogP contribution is 2.19. The Morgan fingerprint density at radius 3 is 2.32 bits per heavy atom. The van der Waals surface area contributed by atoms with Gasteiger partial charge in [-0.05, 0) is 46.1 Å². The molecule has 98 valence electrons. The third-order valence-electron chi connectivity index (χ3n) is 2.94. The molecule has 0 radical (unpaired) electrons. The Labute approximate surface area is 120 Å². The zero-order chi connectivity index (χ0) is 13.8. The number of hydrogen-bond donors (Lipinski definition) is 0. The van der Waals surface area contributed by atoms with E-state index >= 15 is 0 Å². The van der Waals surface area contributed by atoms with Crippen molar-refractivity contribution in [2.24, 2.45) is 0 Å². The van der Waals surface area contributed by atoms with Gasteiger partial charge in [0.05, 0.1) is 4.47 Å². The van der Waals surface area contributed by atoms with Crippen LogP contribution in [0.2, 0.25) is 0 Å². The van der Waals surface area contributed by atoms with E-state index in [-0.39, 0.29) is 5.78 Å². The predicted octanol–water partition coefficient (Wildman–Crippen LogP) is 4.77. The third kappa shape index (κ3) is 3.29. The second-order valence-corrected chi connectivity index (χ2v) is 5.26. The molecule has 0 heterocycles. The van der Waals surface area contributed by atoms with Gasteiger partial charge in [0.25, 0.3) is 0 Å². The van der Waals surface area contributed by atoms with E-state index in [9.17, 15) is 9.18 Å². The minimum absolute atomic E-state index is 0.158. The van der Waals surface area contributed by atoms with Crippen LogP contribution in [0.15, 0.2) is 46.9 Å². The lowest BCUT2D eigenvalue weighted by Gasteiger charge is -2.04. The molecule has 0 bridgehead atoms. The molecule has 0 aromatic heterocycles. The number of carbonyl (C=O) groups is 1. The molecule has 0 N–H and O–H groups in total. The average Bonchev–Trinajstić information content (AvgIpc) is 2.42. The number of benzene rings is 2. The number of hydrogen-bond acceptors (Lipinski definition) is 1. The van der Waals surface area contributed by atoms with E-state index in [1.165, 1.54) is 11.6 Å². The molecule has 0 amide bonds. The molecular weight excluding hydrogens is 307 g/mol. The fourth-order valence-corrected chi connectivity index (χ4v) is 2.16. The van der Waals surface area contributed by atoms with E-state index < -0.39 is 5.82 Å². The molecule has 2 rings (SSSR count). The van der Waals surface area contributed by atoms with Crippen LogP contribution in [0.25, 0.3) is 0 Å². The van der Waals surface area contributed by atoms with Crippen molar-refractivity contribution in [2.75, 3.05) is 0 Å². The van der Waals surface area contributed by atoms with Crippen LogP contribution in [-0.2, 0) is 6.42 Å². The Bertz CT molecular complexity index is 590. The molecule has 0 aliphatic carbocycles. The Morgan fingerprint density at radius 2 is 1.74 bits per heavy atom. The van der Waals surface area contributed by atoms with Crippen LogP contribution in [0, 0.1) is 5.82 Å². The lowest BCUT2D eigenvalue weighted by Crippen LogP contribution is -2.02. The van der Waals surface area contributed by atoms with Gasteiger partial charge in [-0.15, -0.1) is 0 Å². The van der Waals surface area contributed by atoms with Gasteiger partial charge in [0.15, 0.2) is 5.78 Å². The van der Waals surface area contributed by atoms with Crippen LogP contribution in [0.1, 0.15) is 34.8 Å². The largest absolute Gasteiger partial charge is 0.289 e. The molecule has 1 nitrogen and oxygen atoms in total. The van der Waals surface area contributed by atoms with Crippen LogP contribution >= 0.6 is 15.9 Å². The van der Waals surface area contributed by atoms with Crippen molar-refractivity contribution in [1.82, 2.24) is 0 Å². The Balaban J connectivity index is 2.25. The van der Waals surface area contributed by atoms with E-state index in [0.717, 1.165) is 12.8 Å². The molecule has 0 unspecified atom stereocenters. The summed E-state index contributed by atoms with van der Waals surface area (Å²) in [7, 11) is 0. The minimum atomic E-state index is -0.423. The van der Waals surface area contributed by atoms with Crippen molar-refractivity contribution in [1.29, 1.82) is 0 Å². The second kappa shape index (κ2) is 6.11. The Kier molecular flexibility index (Phi) is 4.48. The van der Waals surface area contributed by atoms with Crippen molar-refractivity contribution in [3.63, 3.8) is 0 Å². The highest BCUT2D eigenvalue weighted by molar-refractivity contribution is 9.10. The number of ketones is 1. The third-order valence-corrected chi connectivity index (χ3v) is 3.58. The first-order chi connectivity index (χ1) is 9.11. The normalized spacial score (nSPS) is 10.5. The molecular formula is C16H14BrFO. The van der Waals surface area contributed by atoms with Crippen molar-refractivity contribution >= 4 is 21.7 Å². The monoisotopic (exact) mass is 320 g/mol. The summed E-state index contributed by atoms with van der Waals surface area (Å²) in [6, 6.07) is 11.9. The summed E-state index contributed by atoms with van der Waals surface area (Å²) >= 11 is 3.08. The smallest absolute Gasteiger partial charge is 0.193 e. The van der Waals surface area contributed by atoms with E-state index in [1.807, 2.05) is 12.1 Å². The van der Waals surface area contributed by atoms with Gasteiger partial charge >= 0.3 is 0 Å². The maximum atomic E-state index is 13.4. The van der Waals surface area contributed by atoms with Crippen molar-refractivity contribution in [3.8, 4) is 0 Å². The van der Waals surface area contributed by atoms with Gasteiger partial charge in [-0.3, -0.25) is 4.79 Å². The van der Waals surface area contributed by atoms with Gasteiger partial charge in [-0.2, -0.15) is 0 Å². The summed E-state index contributed by atoms with van der Waals surface area (Å²) in [6.45, 7) is 2.11. The predicted molar refractivity (Wildman–Crippen MR) is 78.0 cm³/mol. The zero-order valence-electron chi connectivity index (χ0n) is 10.6. The maximum Gasteiger partial charge on any atom is 0.193 e. The summed E-state index contributed by atoms with van der Waals surface area (Å²) in [5.74, 6) is -0.581. The lowest BCUT2D eigenvalue weighted by molar-refractivity contribution is 0.103. The van der Waals surface area contributed by atoms with Crippen LogP contribution in [0.3, 0.4) is 0 Å². The summed E-state index contributed by atoms with van der Waals surface area (Å²) in [5, 5.41) is 0. The van der Waals surface area contributed by atoms with Crippen molar-refractivity contribution in [2.45, 2.75) is 19.8 Å². The number of carbonyl (C=O) groups excluding carboxylic acids is 1. The van der Waals surface area contributed by atoms with Gasteiger partial charge < -0.3 is 0 Å². The fourth-order valence-electron chi connectivity index (χ4n) is 1.92. The second-order valence-electron chi connectivity index (χ2n) is 4.40. The molecule has 0 atom stereocenters. The van der Waals surface area contributed by atoms with Crippen LogP contribution in [0.5, 0.6) is 0 Å². The Hall–Kier alpha value is -1.48.